The van der Waals surface area contributed by atoms with E-state index in [4.69, 9.17) is 19.3 Å². The second-order valence-corrected chi connectivity index (χ2v) is 6.11. The summed E-state index contributed by atoms with van der Waals surface area (Å²) in [7, 11) is 0. The number of fused-ring (bicyclic) bond motifs is 1. The predicted octanol–water partition coefficient (Wildman–Crippen LogP) is 0.842. The van der Waals surface area contributed by atoms with Crippen LogP contribution in [0.5, 0.6) is 11.5 Å². The third-order valence-electron chi connectivity index (χ3n) is 4.31. The summed E-state index contributed by atoms with van der Waals surface area (Å²) in [4.78, 5) is 28.3. The number of amides is 1. The molecule has 0 spiro atoms. The van der Waals surface area contributed by atoms with E-state index in [2.05, 4.69) is 10.3 Å². The number of hydrogen-bond acceptors (Lipinski definition) is 7. The van der Waals surface area contributed by atoms with Gasteiger partial charge >= 0.3 is 5.69 Å². The molecular weight excluding hydrogens is 361 g/mol. The summed E-state index contributed by atoms with van der Waals surface area (Å²) in [6.45, 7) is -0.237. The van der Waals surface area contributed by atoms with Gasteiger partial charge in [-0.05, 0) is 24.3 Å². The highest BCUT2D eigenvalue weighted by Gasteiger charge is 2.37. The van der Waals surface area contributed by atoms with Crippen molar-refractivity contribution in [1.29, 1.82) is 0 Å². The van der Waals surface area contributed by atoms with Crippen molar-refractivity contribution in [3.8, 4) is 11.5 Å². The van der Waals surface area contributed by atoms with Gasteiger partial charge in [-0.2, -0.15) is 4.98 Å². The summed E-state index contributed by atoms with van der Waals surface area (Å²) in [6, 6.07) is 6.06. The molecule has 4 rings (SSSR count). The van der Waals surface area contributed by atoms with E-state index in [0.717, 1.165) is 4.57 Å². The first-order valence-electron chi connectivity index (χ1n) is 8.26. The zero-order valence-electron chi connectivity index (χ0n) is 14.0. The Morgan fingerprint density at radius 2 is 2.15 bits per heavy atom. The molecule has 1 saturated heterocycles. The lowest BCUT2D eigenvalue weighted by Crippen LogP contribution is -2.31. The van der Waals surface area contributed by atoms with Crippen LogP contribution in [0.15, 0.2) is 35.3 Å². The van der Waals surface area contributed by atoms with Crippen molar-refractivity contribution < 1.29 is 28.5 Å². The van der Waals surface area contributed by atoms with Crippen LogP contribution in [0.2, 0.25) is 0 Å². The lowest BCUT2D eigenvalue weighted by molar-refractivity contribution is -0.0393. The molecule has 10 heteroatoms. The number of aliphatic hydroxyl groups is 1. The second kappa shape index (κ2) is 6.97. The van der Waals surface area contributed by atoms with Crippen LogP contribution in [0.1, 0.15) is 23.0 Å². The van der Waals surface area contributed by atoms with Crippen LogP contribution in [-0.2, 0) is 4.74 Å². The fourth-order valence-electron chi connectivity index (χ4n) is 2.97. The van der Waals surface area contributed by atoms with Crippen LogP contribution in [-0.4, -0.2) is 46.2 Å². The van der Waals surface area contributed by atoms with Crippen LogP contribution >= 0.6 is 0 Å². The van der Waals surface area contributed by atoms with E-state index in [1.54, 1.807) is 12.1 Å². The first-order chi connectivity index (χ1) is 13.0. The molecule has 1 aromatic heterocycles. The number of benzene rings is 1. The van der Waals surface area contributed by atoms with Gasteiger partial charge < -0.3 is 24.6 Å². The number of carbonyl (C=O) groups excluding carboxylic acids is 1. The van der Waals surface area contributed by atoms with Crippen LogP contribution in [0, 0.1) is 0 Å². The molecule has 3 atom stereocenters. The number of halogens is 1. The Bertz CT molecular complexity index is 933. The van der Waals surface area contributed by atoms with Crippen molar-refractivity contribution in [3.05, 3.63) is 46.5 Å². The second-order valence-electron chi connectivity index (χ2n) is 6.11. The van der Waals surface area contributed by atoms with Gasteiger partial charge in [0.15, 0.2) is 17.7 Å². The molecule has 1 amide bonds. The zero-order chi connectivity index (χ0) is 19.0. The fourth-order valence-corrected chi connectivity index (χ4v) is 2.97. The van der Waals surface area contributed by atoms with E-state index in [9.17, 15) is 14.0 Å². The van der Waals surface area contributed by atoms with Crippen molar-refractivity contribution in [2.45, 2.75) is 24.9 Å². The molecule has 0 aliphatic carbocycles. The Morgan fingerprint density at radius 1 is 1.33 bits per heavy atom. The summed E-state index contributed by atoms with van der Waals surface area (Å²) in [5, 5.41) is 11.6. The Hall–Kier alpha value is -2.98. The number of rotatable bonds is 4. The molecule has 2 aliphatic rings. The zero-order valence-corrected chi connectivity index (χ0v) is 14.0. The van der Waals surface area contributed by atoms with Gasteiger partial charge in [-0.25, -0.2) is 9.18 Å². The van der Waals surface area contributed by atoms with Gasteiger partial charge in [0, 0.05) is 18.2 Å². The number of aromatic nitrogens is 2. The highest BCUT2D eigenvalue weighted by atomic mass is 19.1. The van der Waals surface area contributed by atoms with E-state index in [1.807, 2.05) is 0 Å². The topological polar surface area (TPSA) is 112 Å². The van der Waals surface area contributed by atoms with Gasteiger partial charge in [-0.3, -0.25) is 9.36 Å². The monoisotopic (exact) mass is 377 g/mol. The quantitative estimate of drug-likeness (QED) is 0.812. The number of hydrogen-bond donors (Lipinski definition) is 2. The third-order valence-corrected chi connectivity index (χ3v) is 4.31. The Kier molecular flexibility index (Phi) is 4.50. The number of ether oxygens (including phenoxy) is 3. The largest absolute Gasteiger partial charge is 0.454 e. The average molecular weight is 377 g/mol. The lowest BCUT2D eigenvalue weighted by atomic mass is 10.2. The van der Waals surface area contributed by atoms with Gasteiger partial charge in [0.1, 0.15) is 12.0 Å². The van der Waals surface area contributed by atoms with Crippen molar-refractivity contribution in [1.82, 2.24) is 9.55 Å². The molecule has 3 unspecified atom stereocenters. The SMILES string of the molecule is O=C(Nc1ccn(C2OC(CO)CC2F)c(=O)n1)c1ccc2c(c1)OCO2. The first kappa shape index (κ1) is 17.4. The maximum atomic E-state index is 14.0. The van der Waals surface area contributed by atoms with Crippen LogP contribution in [0.3, 0.4) is 0 Å². The molecule has 0 saturated carbocycles. The summed E-state index contributed by atoms with van der Waals surface area (Å²) >= 11 is 0. The van der Waals surface area contributed by atoms with E-state index >= 15 is 0 Å². The number of aliphatic hydroxyl groups excluding tert-OH is 1. The summed E-state index contributed by atoms with van der Waals surface area (Å²) in [5.74, 6) is 0.535. The van der Waals surface area contributed by atoms with E-state index < -0.39 is 30.1 Å². The van der Waals surface area contributed by atoms with Crippen molar-refractivity contribution in [2.24, 2.45) is 0 Å². The molecule has 1 fully saturated rings. The molecule has 0 bridgehead atoms. The smallest absolute Gasteiger partial charge is 0.351 e. The van der Waals surface area contributed by atoms with Gasteiger partial charge in [0.2, 0.25) is 6.79 Å². The van der Waals surface area contributed by atoms with Gasteiger partial charge in [0.25, 0.3) is 5.91 Å². The molecule has 1 aromatic carbocycles. The minimum Gasteiger partial charge on any atom is -0.454 e. The summed E-state index contributed by atoms with van der Waals surface area (Å²) in [6.07, 6.45) is -1.96. The first-order valence-corrected chi connectivity index (χ1v) is 8.26. The minimum atomic E-state index is -1.43. The van der Waals surface area contributed by atoms with Crippen LogP contribution in [0.4, 0.5) is 10.2 Å². The molecule has 0 radical (unpaired) electrons. The average Bonchev–Trinajstić information content (AvgIpc) is 3.27. The molecule has 2 aromatic rings. The van der Waals surface area contributed by atoms with E-state index in [1.165, 1.54) is 18.3 Å². The molecule has 9 nitrogen and oxygen atoms in total. The molecule has 2 N–H and O–H groups in total. The standard InChI is InChI=1S/C17H16FN3O6/c18-11-6-10(7-22)27-16(11)21-4-3-14(20-17(21)24)19-15(23)9-1-2-12-13(5-9)26-8-25-12/h1-5,10-11,16,22H,6-8H2,(H,19,20,23,24). The minimum absolute atomic E-state index is 0.00376. The Labute approximate surface area is 152 Å². The van der Waals surface area contributed by atoms with Gasteiger partial charge in [0.05, 0.1) is 12.7 Å². The number of nitrogens with zero attached hydrogens (tertiary/aromatic N) is 2. The summed E-state index contributed by atoms with van der Waals surface area (Å²) in [5.41, 5.74) is -0.469. The Morgan fingerprint density at radius 3 is 2.89 bits per heavy atom. The molecule has 2 aliphatic heterocycles. The highest BCUT2D eigenvalue weighted by molar-refractivity contribution is 6.04. The van der Waals surface area contributed by atoms with Gasteiger partial charge in [-0.1, -0.05) is 0 Å². The van der Waals surface area contributed by atoms with Crippen molar-refractivity contribution in [2.75, 3.05) is 18.7 Å². The number of nitrogens with one attached hydrogen (secondary N) is 1. The van der Waals surface area contributed by atoms with Crippen LogP contribution < -0.4 is 20.5 Å². The maximum absolute atomic E-state index is 14.0. The normalized spacial score (nSPS) is 23.4. The van der Waals surface area contributed by atoms with Gasteiger partial charge in [-0.15, -0.1) is 0 Å². The molecule has 142 valence electrons. The van der Waals surface area contributed by atoms with E-state index in [0.29, 0.717) is 17.1 Å². The fraction of sp³-hybridized carbons (Fsp3) is 0.353. The lowest BCUT2D eigenvalue weighted by Gasteiger charge is -2.16. The number of anilines is 1. The van der Waals surface area contributed by atoms with Crippen molar-refractivity contribution in [3.63, 3.8) is 0 Å². The van der Waals surface area contributed by atoms with E-state index in [-0.39, 0.29) is 25.6 Å². The molecule has 3 heterocycles. The third kappa shape index (κ3) is 3.36. The maximum Gasteiger partial charge on any atom is 0.351 e. The van der Waals surface area contributed by atoms with Crippen LogP contribution in [0.25, 0.3) is 0 Å². The highest BCUT2D eigenvalue weighted by Crippen LogP contribution is 2.33. The number of carbonyl (C=O) groups is 1. The number of alkyl halides is 1. The predicted molar refractivity (Wildman–Crippen MR) is 89.5 cm³/mol. The molecule has 27 heavy (non-hydrogen) atoms. The molecular formula is C17H16FN3O6. The van der Waals surface area contributed by atoms with Crippen molar-refractivity contribution >= 4 is 11.7 Å². The summed E-state index contributed by atoms with van der Waals surface area (Å²) < 4.78 is 30.7. The Balaban J connectivity index is 1.50.